The zero-order valence-corrected chi connectivity index (χ0v) is 19.4. The molecule has 0 aromatic rings. The molecule has 0 radical (unpaired) electrons. The lowest BCUT2D eigenvalue weighted by Gasteiger charge is -2.44. The third-order valence-corrected chi connectivity index (χ3v) is 8.66. The predicted molar refractivity (Wildman–Crippen MR) is 124 cm³/mol. The predicted octanol–water partition coefficient (Wildman–Crippen LogP) is 5.56. The van der Waals surface area contributed by atoms with E-state index >= 15 is 0 Å². The van der Waals surface area contributed by atoms with Gasteiger partial charge in [0.15, 0.2) is 0 Å². The molecule has 3 aliphatic carbocycles. The Labute approximate surface area is 184 Å². The number of rotatable bonds is 7. The number of aliphatic hydroxyl groups is 3. The van der Waals surface area contributed by atoms with E-state index < -0.39 is 12.2 Å². The van der Waals surface area contributed by atoms with Gasteiger partial charge in [0.1, 0.15) is 0 Å². The van der Waals surface area contributed by atoms with Crippen molar-refractivity contribution in [2.24, 2.45) is 29.1 Å². The first-order valence-electron chi connectivity index (χ1n) is 12.3. The SMILES string of the molecule is C=C1C(=CC=C2CCCC3(C)C2CCC3C(C)CCCC(C)CO)CC(O)CC1O. The summed E-state index contributed by atoms with van der Waals surface area (Å²) < 4.78 is 0. The first-order chi connectivity index (χ1) is 14.3. The maximum absolute atomic E-state index is 10.1. The van der Waals surface area contributed by atoms with Crippen LogP contribution in [0, 0.1) is 29.1 Å². The van der Waals surface area contributed by atoms with Gasteiger partial charge in [0.2, 0.25) is 0 Å². The van der Waals surface area contributed by atoms with Gasteiger partial charge >= 0.3 is 0 Å². The van der Waals surface area contributed by atoms with Crippen LogP contribution in [0.4, 0.5) is 0 Å². The summed E-state index contributed by atoms with van der Waals surface area (Å²) in [6, 6.07) is 0. The minimum Gasteiger partial charge on any atom is -0.396 e. The van der Waals surface area contributed by atoms with Gasteiger partial charge in [-0.1, -0.05) is 57.9 Å². The topological polar surface area (TPSA) is 60.7 Å². The van der Waals surface area contributed by atoms with Gasteiger partial charge in [0.05, 0.1) is 12.2 Å². The average Bonchev–Trinajstić information content (AvgIpc) is 3.06. The molecule has 0 amide bonds. The van der Waals surface area contributed by atoms with E-state index in [1.807, 2.05) is 0 Å². The minimum absolute atomic E-state index is 0.307. The largest absolute Gasteiger partial charge is 0.396 e. The van der Waals surface area contributed by atoms with Crippen LogP contribution in [0.1, 0.15) is 85.0 Å². The van der Waals surface area contributed by atoms with Gasteiger partial charge in [0.25, 0.3) is 0 Å². The molecule has 170 valence electrons. The molecule has 3 fully saturated rings. The maximum atomic E-state index is 10.1. The zero-order valence-electron chi connectivity index (χ0n) is 19.4. The molecule has 0 heterocycles. The van der Waals surface area contributed by atoms with Crippen molar-refractivity contribution in [2.45, 2.75) is 97.2 Å². The Bertz CT molecular complexity index is 663. The van der Waals surface area contributed by atoms with Gasteiger partial charge in [-0.3, -0.25) is 0 Å². The Morgan fingerprint density at radius 1 is 1.17 bits per heavy atom. The molecule has 0 aromatic carbocycles. The number of allylic oxidation sites excluding steroid dienone is 3. The van der Waals surface area contributed by atoms with E-state index in [9.17, 15) is 15.3 Å². The van der Waals surface area contributed by atoms with Gasteiger partial charge in [-0.2, -0.15) is 0 Å². The highest BCUT2D eigenvalue weighted by Gasteiger charge is 2.50. The van der Waals surface area contributed by atoms with Gasteiger partial charge in [-0.15, -0.1) is 0 Å². The first kappa shape index (κ1) is 23.8. The molecule has 7 atom stereocenters. The highest BCUT2D eigenvalue weighted by atomic mass is 16.3. The van der Waals surface area contributed by atoms with Crippen LogP contribution in [0.5, 0.6) is 0 Å². The zero-order chi connectivity index (χ0) is 21.9. The molecular formula is C27H44O3. The second kappa shape index (κ2) is 10.1. The molecule has 0 saturated heterocycles. The first-order valence-corrected chi connectivity index (χ1v) is 12.3. The van der Waals surface area contributed by atoms with Gasteiger partial charge < -0.3 is 15.3 Å². The molecule has 3 saturated carbocycles. The quantitative estimate of drug-likeness (QED) is 0.509. The molecule has 3 rings (SSSR count). The molecule has 0 bridgehead atoms. The van der Waals surface area contributed by atoms with Crippen molar-refractivity contribution in [1.82, 2.24) is 0 Å². The van der Waals surface area contributed by atoms with Crippen molar-refractivity contribution in [3.8, 4) is 0 Å². The lowest BCUT2D eigenvalue weighted by Crippen LogP contribution is -2.36. The second-order valence-corrected chi connectivity index (χ2v) is 10.9. The Morgan fingerprint density at radius 3 is 2.67 bits per heavy atom. The van der Waals surface area contributed by atoms with E-state index in [4.69, 9.17) is 0 Å². The van der Waals surface area contributed by atoms with Crippen molar-refractivity contribution >= 4 is 0 Å². The molecular weight excluding hydrogens is 372 g/mol. The number of aliphatic hydroxyl groups excluding tert-OH is 3. The Hall–Kier alpha value is -0.900. The van der Waals surface area contributed by atoms with Crippen LogP contribution in [-0.4, -0.2) is 34.1 Å². The molecule has 3 N–H and O–H groups in total. The van der Waals surface area contributed by atoms with Gasteiger partial charge in [0, 0.05) is 13.0 Å². The third-order valence-electron chi connectivity index (χ3n) is 8.66. The molecule has 0 aromatic heterocycles. The van der Waals surface area contributed by atoms with Crippen molar-refractivity contribution in [3.63, 3.8) is 0 Å². The fourth-order valence-electron chi connectivity index (χ4n) is 6.76. The van der Waals surface area contributed by atoms with Gasteiger partial charge in [-0.25, -0.2) is 0 Å². The summed E-state index contributed by atoms with van der Waals surface area (Å²) in [6.07, 6.45) is 14.4. The lowest BCUT2D eigenvalue weighted by molar-refractivity contribution is 0.0861. The molecule has 7 unspecified atom stereocenters. The summed E-state index contributed by atoms with van der Waals surface area (Å²) in [5.74, 6) is 2.62. The van der Waals surface area contributed by atoms with E-state index in [1.54, 1.807) is 5.57 Å². The highest BCUT2D eigenvalue weighted by molar-refractivity contribution is 5.38. The van der Waals surface area contributed by atoms with E-state index in [1.165, 1.54) is 44.9 Å². The van der Waals surface area contributed by atoms with Crippen LogP contribution in [0.15, 0.2) is 35.5 Å². The van der Waals surface area contributed by atoms with Gasteiger partial charge in [-0.05, 0) is 85.2 Å². The summed E-state index contributed by atoms with van der Waals surface area (Å²) in [4.78, 5) is 0. The smallest absolute Gasteiger partial charge is 0.0811 e. The molecule has 3 nitrogen and oxygen atoms in total. The molecule has 3 heteroatoms. The van der Waals surface area contributed by atoms with Crippen LogP contribution in [0.2, 0.25) is 0 Å². The average molecular weight is 417 g/mol. The van der Waals surface area contributed by atoms with Crippen molar-refractivity contribution in [2.75, 3.05) is 6.61 Å². The standard InChI is InChI=1S/C27H44O3/c1-18(17-28)7-5-8-19(2)24-12-13-25-21(9-6-14-27(24,25)4)10-11-22-15-23(29)16-26(30)20(22)3/h10-11,18-19,23-26,28-30H,3,5-9,12-17H2,1-2,4H3. The van der Waals surface area contributed by atoms with E-state index in [-0.39, 0.29) is 0 Å². The van der Waals surface area contributed by atoms with Crippen LogP contribution in [-0.2, 0) is 0 Å². The normalized spacial score (nSPS) is 39.3. The van der Waals surface area contributed by atoms with Crippen LogP contribution in [0.25, 0.3) is 0 Å². The third kappa shape index (κ3) is 5.11. The van der Waals surface area contributed by atoms with E-state index in [0.717, 1.165) is 29.4 Å². The summed E-state index contributed by atoms with van der Waals surface area (Å²) in [7, 11) is 0. The number of fused-ring (bicyclic) bond motifs is 1. The molecule has 30 heavy (non-hydrogen) atoms. The number of hydrogen-bond donors (Lipinski definition) is 3. The van der Waals surface area contributed by atoms with Crippen molar-refractivity contribution in [1.29, 1.82) is 0 Å². The second-order valence-electron chi connectivity index (χ2n) is 10.9. The fraction of sp³-hybridized carbons (Fsp3) is 0.778. The minimum atomic E-state index is -0.611. The summed E-state index contributed by atoms with van der Waals surface area (Å²) in [6.45, 7) is 11.5. The summed E-state index contributed by atoms with van der Waals surface area (Å²) in [5, 5.41) is 29.4. The molecule has 0 spiro atoms. The maximum Gasteiger partial charge on any atom is 0.0811 e. The summed E-state index contributed by atoms with van der Waals surface area (Å²) in [5.41, 5.74) is 3.77. The lowest BCUT2D eigenvalue weighted by atomic mass is 9.60. The van der Waals surface area contributed by atoms with Crippen LogP contribution >= 0.6 is 0 Å². The Balaban J connectivity index is 1.69. The molecule has 0 aliphatic heterocycles. The highest BCUT2D eigenvalue weighted by Crippen LogP contribution is 2.59. The van der Waals surface area contributed by atoms with E-state index in [2.05, 4.69) is 39.5 Å². The summed E-state index contributed by atoms with van der Waals surface area (Å²) >= 11 is 0. The van der Waals surface area contributed by atoms with Crippen LogP contribution < -0.4 is 0 Å². The Kier molecular flexibility index (Phi) is 8.03. The van der Waals surface area contributed by atoms with E-state index in [0.29, 0.717) is 36.7 Å². The Morgan fingerprint density at radius 2 is 1.93 bits per heavy atom. The monoisotopic (exact) mass is 416 g/mol. The fourth-order valence-corrected chi connectivity index (χ4v) is 6.76. The van der Waals surface area contributed by atoms with Crippen molar-refractivity contribution in [3.05, 3.63) is 35.5 Å². The van der Waals surface area contributed by atoms with Crippen LogP contribution in [0.3, 0.4) is 0 Å². The molecule has 3 aliphatic rings. The number of hydrogen-bond acceptors (Lipinski definition) is 3. The van der Waals surface area contributed by atoms with Crippen molar-refractivity contribution < 1.29 is 15.3 Å².